The molecule has 0 bridgehead atoms. The second kappa shape index (κ2) is 17.9. The number of nitrogens with one attached hydrogen (secondary N) is 1. The smallest absolute Gasteiger partial charge is 0.325 e. The van der Waals surface area contributed by atoms with Gasteiger partial charge in [0.15, 0.2) is 0 Å². The van der Waals surface area contributed by atoms with E-state index < -0.39 is 18.0 Å². The molecule has 158 valence electrons. The molecule has 0 aliphatic rings. The van der Waals surface area contributed by atoms with Crippen molar-refractivity contribution in [3.63, 3.8) is 0 Å². The monoisotopic (exact) mass is 383 g/mol. The first kappa shape index (κ1) is 25.5. The van der Waals surface area contributed by atoms with Gasteiger partial charge in [-0.1, -0.05) is 83.6 Å². The summed E-state index contributed by atoms with van der Waals surface area (Å²) in [6, 6.07) is -0.561. The van der Waals surface area contributed by atoms with Crippen molar-refractivity contribution < 1.29 is 19.8 Å². The van der Waals surface area contributed by atoms with Crippen molar-refractivity contribution >= 4 is 11.9 Å². The maximum Gasteiger partial charge on any atom is 0.325 e. The first-order valence-electron chi connectivity index (χ1n) is 10.8. The molecule has 0 saturated carbocycles. The van der Waals surface area contributed by atoms with Crippen molar-refractivity contribution in [2.75, 3.05) is 0 Å². The molecule has 5 heteroatoms. The third-order valence-corrected chi connectivity index (χ3v) is 4.91. The molecule has 0 heterocycles. The van der Waals surface area contributed by atoms with Crippen LogP contribution in [0.3, 0.4) is 0 Å². The molecule has 0 radical (unpaired) electrons. The van der Waals surface area contributed by atoms with Crippen LogP contribution in [-0.4, -0.2) is 28.2 Å². The molecule has 0 aromatic carbocycles. The van der Waals surface area contributed by atoms with E-state index in [1.54, 1.807) is 6.92 Å². The summed E-state index contributed by atoms with van der Waals surface area (Å²) < 4.78 is 0. The summed E-state index contributed by atoms with van der Waals surface area (Å²) in [4.78, 5) is 21.1. The summed E-state index contributed by atoms with van der Waals surface area (Å²) in [5, 5.41) is 20.3. The predicted molar refractivity (Wildman–Crippen MR) is 111 cm³/mol. The third kappa shape index (κ3) is 19.1. The minimum atomic E-state index is -0.841. The predicted octanol–water partition coefficient (Wildman–Crippen LogP) is 5.89. The van der Waals surface area contributed by atoms with Gasteiger partial charge in [0, 0.05) is 12.1 Å². The molecule has 27 heavy (non-hydrogen) atoms. The Morgan fingerprint density at radius 1 is 0.704 bits per heavy atom. The first-order chi connectivity index (χ1) is 12.9. The van der Waals surface area contributed by atoms with E-state index in [4.69, 9.17) is 10.2 Å². The number of hydrogen-bond donors (Lipinski definition) is 3. The Labute approximate surface area is 165 Å². The van der Waals surface area contributed by atoms with E-state index in [1.165, 1.54) is 70.6 Å². The fraction of sp³-hybridized carbons (Fsp3) is 0.818. The Hall–Kier alpha value is -1.52. The molecule has 3 N–H and O–H groups in total. The van der Waals surface area contributed by atoms with Crippen molar-refractivity contribution in [1.82, 2.24) is 5.32 Å². The van der Waals surface area contributed by atoms with E-state index in [1.807, 2.05) is 0 Å². The van der Waals surface area contributed by atoms with Gasteiger partial charge in [0.05, 0.1) is 0 Å². The molecule has 0 saturated heterocycles. The van der Waals surface area contributed by atoms with Gasteiger partial charge in [-0.3, -0.25) is 9.59 Å². The molecule has 0 rings (SSSR count). The number of allylic oxidation sites excluding steroid dienone is 1. The molecule has 0 aliphatic carbocycles. The zero-order valence-corrected chi connectivity index (χ0v) is 17.3. The van der Waals surface area contributed by atoms with Crippen LogP contribution in [0.1, 0.15) is 110 Å². The average Bonchev–Trinajstić information content (AvgIpc) is 2.60. The molecule has 0 aromatic heterocycles. The first-order valence-corrected chi connectivity index (χ1v) is 10.8. The molecule has 5 nitrogen and oxygen atoms in total. The number of carbonyl (C=O) groups is 2. The van der Waals surface area contributed by atoms with Crippen LogP contribution in [0.25, 0.3) is 0 Å². The Bertz CT molecular complexity index is 409. The number of carboxylic acids is 2. The summed E-state index contributed by atoms with van der Waals surface area (Å²) in [5.74, 6) is -1.52. The van der Waals surface area contributed by atoms with E-state index >= 15 is 0 Å². The van der Waals surface area contributed by atoms with Crippen molar-refractivity contribution in [3.05, 3.63) is 12.3 Å². The maximum absolute atomic E-state index is 10.7. The number of carboxylic acid groups (broad SMARTS) is 2. The van der Waals surface area contributed by atoms with Crippen LogP contribution in [0.4, 0.5) is 0 Å². The summed E-state index contributed by atoms with van der Waals surface area (Å²) >= 11 is 0. The van der Waals surface area contributed by atoms with Gasteiger partial charge in [0.2, 0.25) is 0 Å². The van der Waals surface area contributed by atoms with Gasteiger partial charge in [0.25, 0.3) is 0 Å². The highest BCUT2D eigenvalue weighted by atomic mass is 16.4. The number of hydrogen-bond acceptors (Lipinski definition) is 3. The lowest BCUT2D eigenvalue weighted by atomic mass is 10.0. The zero-order valence-electron chi connectivity index (χ0n) is 17.3. The Kier molecular flexibility index (Phi) is 16.9. The van der Waals surface area contributed by atoms with Gasteiger partial charge >= 0.3 is 11.9 Å². The third-order valence-electron chi connectivity index (χ3n) is 4.91. The fourth-order valence-corrected chi connectivity index (χ4v) is 3.18. The second-order valence-electron chi connectivity index (χ2n) is 7.65. The molecular formula is C22H41NO4. The van der Waals surface area contributed by atoms with Crippen LogP contribution < -0.4 is 5.32 Å². The van der Waals surface area contributed by atoms with Crippen LogP contribution in [-0.2, 0) is 9.59 Å². The molecular weight excluding hydrogens is 342 g/mol. The summed E-state index contributed by atoms with van der Waals surface area (Å²) in [6.45, 7) is 5.52. The van der Waals surface area contributed by atoms with Gasteiger partial charge in [0.1, 0.15) is 6.04 Å². The average molecular weight is 384 g/mol. The van der Waals surface area contributed by atoms with Crippen molar-refractivity contribution in [2.45, 2.75) is 116 Å². The molecule has 0 fully saturated rings. The van der Waals surface area contributed by atoms with E-state index in [0.717, 1.165) is 31.4 Å². The van der Waals surface area contributed by atoms with Crippen LogP contribution in [0.15, 0.2) is 12.3 Å². The van der Waals surface area contributed by atoms with Crippen LogP contribution >= 0.6 is 0 Å². The molecule has 0 aliphatic heterocycles. The molecule has 0 aromatic rings. The Balaban J connectivity index is 3.20. The van der Waals surface area contributed by atoms with E-state index in [-0.39, 0.29) is 0 Å². The zero-order chi connectivity index (χ0) is 20.3. The lowest BCUT2D eigenvalue weighted by Crippen LogP contribution is -2.32. The minimum Gasteiger partial charge on any atom is -0.481 e. The lowest BCUT2D eigenvalue weighted by Gasteiger charge is -2.13. The molecule has 0 unspecified atom stereocenters. The van der Waals surface area contributed by atoms with Gasteiger partial charge in [-0.2, -0.15) is 0 Å². The van der Waals surface area contributed by atoms with Gasteiger partial charge in [-0.05, 0) is 26.2 Å². The Morgan fingerprint density at radius 3 is 1.37 bits per heavy atom. The number of unbranched alkanes of at least 4 members (excludes halogenated alkanes) is 13. The Morgan fingerprint density at radius 2 is 1.04 bits per heavy atom. The van der Waals surface area contributed by atoms with Gasteiger partial charge in [-0.15, -0.1) is 0 Å². The van der Waals surface area contributed by atoms with E-state index in [9.17, 15) is 9.59 Å². The summed E-state index contributed by atoms with van der Waals surface area (Å²) in [6.07, 6.45) is 18.1. The van der Waals surface area contributed by atoms with E-state index in [2.05, 4.69) is 11.9 Å². The molecule has 0 amide bonds. The van der Waals surface area contributed by atoms with Crippen molar-refractivity contribution in [2.24, 2.45) is 0 Å². The SMILES string of the molecule is C=C(CCCCCCCCCCCCCCCCC(=O)O)N[C@@H](C)C(=O)O. The summed E-state index contributed by atoms with van der Waals surface area (Å²) in [7, 11) is 0. The topological polar surface area (TPSA) is 86.6 Å². The van der Waals surface area contributed by atoms with Gasteiger partial charge < -0.3 is 15.5 Å². The van der Waals surface area contributed by atoms with Gasteiger partial charge in [-0.25, -0.2) is 0 Å². The minimum absolute atomic E-state index is 0.315. The lowest BCUT2D eigenvalue weighted by molar-refractivity contribution is -0.139. The fourth-order valence-electron chi connectivity index (χ4n) is 3.18. The van der Waals surface area contributed by atoms with Crippen LogP contribution in [0.2, 0.25) is 0 Å². The molecule has 0 spiro atoms. The maximum atomic E-state index is 10.7. The highest BCUT2D eigenvalue weighted by molar-refractivity contribution is 5.73. The highest BCUT2D eigenvalue weighted by Gasteiger charge is 2.09. The quantitative estimate of drug-likeness (QED) is 0.228. The van der Waals surface area contributed by atoms with Crippen molar-refractivity contribution in [3.8, 4) is 0 Å². The summed E-state index contributed by atoms with van der Waals surface area (Å²) in [5.41, 5.74) is 0.826. The van der Waals surface area contributed by atoms with Crippen molar-refractivity contribution in [1.29, 1.82) is 0 Å². The largest absolute Gasteiger partial charge is 0.481 e. The molecule has 1 atom stereocenters. The number of aliphatic carboxylic acids is 2. The second-order valence-corrected chi connectivity index (χ2v) is 7.65. The standard InChI is InChI=1S/C22H41NO4/c1-19(23-20(2)22(26)27)17-15-13-11-9-7-5-3-4-6-8-10-12-14-16-18-21(24)25/h20,23H,1,3-18H2,2H3,(H,24,25)(H,26,27)/t20-/m0/s1. The van der Waals surface area contributed by atoms with E-state index in [0.29, 0.717) is 6.42 Å². The number of rotatable bonds is 20. The van der Waals surface area contributed by atoms with Crippen LogP contribution in [0, 0.1) is 0 Å². The normalized spacial score (nSPS) is 11.9. The highest BCUT2D eigenvalue weighted by Crippen LogP contribution is 2.14. The van der Waals surface area contributed by atoms with Crippen LogP contribution in [0.5, 0.6) is 0 Å².